The monoisotopic (exact) mass is 921 g/mol. The van der Waals surface area contributed by atoms with E-state index < -0.39 is 40.6 Å². The average Bonchev–Trinajstić information content (AvgIpc) is 3.51. The minimum Gasteiger partial charge on any atom is -0.466 e. The Morgan fingerprint density at radius 1 is 0.918 bits per heavy atom. The molecule has 2 amide bonds. The summed E-state index contributed by atoms with van der Waals surface area (Å²) in [5, 5.41) is 0.473. The number of likely N-dealkylation sites (N-methyl/N-ethyl adjacent to an activating group) is 1. The van der Waals surface area contributed by atoms with Crippen LogP contribution < -0.4 is 0 Å². The van der Waals surface area contributed by atoms with Crippen LogP contribution in [0, 0.1) is 0 Å². The van der Waals surface area contributed by atoms with Crippen molar-refractivity contribution in [3.63, 3.8) is 0 Å². The number of hydrogen-bond donors (Lipinski definition) is 0. The third kappa shape index (κ3) is 11.1. The number of fused-ring (bicyclic) bond motifs is 2. The standard InChI is InChI=1S/C43H47Cl2F6N3O6.ClH/c1-3-58-38(56)9-6-15-52(2)37(55)26-59-36-23-28-7-4-5-8-33(28)40(36)12-16-53(17-13-40)18-14-41(30-10-11-34(44)35(45)25-30)27-54(19-20-60-41)39(57)29-21-31(42(46,47)48)24-32(22-29)43(49,50)51;/h4-5,7-8,10-11,21-22,24-25,36H,3,6,9,12-20,23,26-27H2,1-2H3;1H/t36-,41-;/m0./s1. The lowest BCUT2D eigenvalue weighted by Gasteiger charge is -2.46. The number of carbonyl (C=O) groups excluding carboxylic acids is 3. The number of likely N-dealkylation sites (tertiary alicyclic amines) is 1. The highest BCUT2D eigenvalue weighted by molar-refractivity contribution is 6.42. The molecular weight excluding hydrogens is 875 g/mol. The first-order chi connectivity index (χ1) is 28.3. The van der Waals surface area contributed by atoms with Crippen molar-refractivity contribution in [2.75, 3.05) is 66.1 Å². The van der Waals surface area contributed by atoms with Crippen LogP contribution in [0.25, 0.3) is 0 Å². The highest BCUT2D eigenvalue weighted by atomic mass is 35.5. The number of alkyl halides is 6. The van der Waals surface area contributed by atoms with Crippen LogP contribution in [0.15, 0.2) is 60.7 Å². The Labute approximate surface area is 367 Å². The Morgan fingerprint density at radius 3 is 2.23 bits per heavy atom. The summed E-state index contributed by atoms with van der Waals surface area (Å²) < 4.78 is 100. The number of ether oxygens (including phenoxy) is 3. The van der Waals surface area contributed by atoms with Gasteiger partial charge in [0.1, 0.15) is 12.2 Å². The second-order valence-corrected chi connectivity index (χ2v) is 16.4. The van der Waals surface area contributed by atoms with Crippen LogP contribution in [-0.4, -0.2) is 105 Å². The molecule has 6 rings (SSSR count). The Bertz CT molecular complexity index is 2010. The van der Waals surface area contributed by atoms with Gasteiger partial charge in [-0.1, -0.05) is 53.5 Å². The van der Waals surface area contributed by atoms with Crippen LogP contribution in [0.4, 0.5) is 26.3 Å². The number of amides is 2. The molecule has 2 fully saturated rings. The van der Waals surface area contributed by atoms with Crippen molar-refractivity contribution in [2.45, 2.75) is 74.9 Å². The van der Waals surface area contributed by atoms with Gasteiger partial charge in [0, 0.05) is 44.1 Å². The van der Waals surface area contributed by atoms with E-state index in [0.717, 1.165) is 5.56 Å². The van der Waals surface area contributed by atoms with Crippen molar-refractivity contribution in [1.82, 2.24) is 14.7 Å². The highest BCUT2D eigenvalue weighted by Gasteiger charge is 2.50. The number of halogens is 9. The zero-order valence-corrected chi connectivity index (χ0v) is 36.0. The minimum atomic E-state index is -5.12. The van der Waals surface area contributed by atoms with Crippen molar-refractivity contribution in [1.29, 1.82) is 0 Å². The van der Waals surface area contributed by atoms with Crippen LogP contribution in [0.3, 0.4) is 0 Å². The quantitative estimate of drug-likeness (QED) is 0.125. The molecule has 9 nitrogen and oxygen atoms in total. The van der Waals surface area contributed by atoms with Gasteiger partial charge in [0.25, 0.3) is 5.91 Å². The predicted molar refractivity (Wildman–Crippen MR) is 219 cm³/mol. The maximum absolute atomic E-state index is 13.8. The van der Waals surface area contributed by atoms with Crippen molar-refractivity contribution >= 4 is 53.4 Å². The maximum Gasteiger partial charge on any atom is 0.416 e. The molecule has 2 atom stereocenters. The summed E-state index contributed by atoms with van der Waals surface area (Å²) in [7, 11) is 1.68. The van der Waals surface area contributed by atoms with E-state index in [9.17, 15) is 40.7 Å². The second kappa shape index (κ2) is 19.8. The molecule has 2 aliphatic heterocycles. The lowest BCUT2D eigenvalue weighted by molar-refractivity contribution is -0.144. The summed E-state index contributed by atoms with van der Waals surface area (Å²) in [6.45, 7) is 3.76. The van der Waals surface area contributed by atoms with Crippen LogP contribution in [0.5, 0.6) is 0 Å². The van der Waals surface area contributed by atoms with Gasteiger partial charge in [0.05, 0.1) is 47.0 Å². The normalized spacial score (nSPS) is 20.2. The first-order valence-corrected chi connectivity index (χ1v) is 20.6. The molecule has 1 spiro atoms. The molecule has 0 N–H and O–H groups in total. The Balaban J connectivity index is 0.00000704. The van der Waals surface area contributed by atoms with Gasteiger partial charge in [0.2, 0.25) is 5.91 Å². The van der Waals surface area contributed by atoms with E-state index >= 15 is 0 Å². The topological polar surface area (TPSA) is 88.6 Å². The lowest BCUT2D eigenvalue weighted by atomic mass is 9.72. The maximum atomic E-state index is 13.8. The number of carbonyl (C=O) groups is 3. The van der Waals surface area contributed by atoms with Gasteiger partial charge >= 0.3 is 18.3 Å². The molecule has 0 radical (unpaired) electrons. The molecule has 1 aliphatic carbocycles. The SMILES string of the molecule is CCOC(=O)CCCN(C)C(=O)CO[C@H]1Cc2ccccc2C12CCN(CC[C@@]1(c3ccc(Cl)c(Cl)c3)CN(C(=O)c3cc(C(F)(F)F)cc(C(F)(F)F)c3)CCO1)CC2.Cl. The third-order valence-electron chi connectivity index (χ3n) is 11.9. The molecule has 334 valence electrons. The van der Waals surface area contributed by atoms with E-state index in [0.29, 0.717) is 82.6 Å². The van der Waals surface area contributed by atoms with Gasteiger partial charge in [-0.15, -0.1) is 12.4 Å². The average molecular weight is 923 g/mol. The van der Waals surface area contributed by atoms with E-state index in [1.54, 1.807) is 37.1 Å². The molecule has 0 aromatic heterocycles. The zero-order valence-electron chi connectivity index (χ0n) is 33.7. The Hall–Kier alpha value is -3.60. The van der Waals surface area contributed by atoms with E-state index in [2.05, 4.69) is 17.0 Å². The molecule has 0 saturated carbocycles. The summed E-state index contributed by atoms with van der Waals surface area (Å²) in [5.41, 5.74) is -2.59. The van der Waals surface area contributed by atoms with Gasteiger partial charge in [-0.05, 0) is 99.1 Å². The molecule has 61 heavy (non-hydrogen) atoms. The number of rotatable bonds is 13. The molecular formula is C43H48Cl3F6N3O6. The molecule has 2 saturated heterocycles. The van der Waals surface area contributed by atoms with Crippen LogP contribution in [0.1, 0.15) is 77.2 Å². The third-order valence-corrected chi connectivity index (χ3v) is 12.7. The van der Waals surface area contributed by atoms with Crippen molar-refractivity contribution < 1.29 is 54.9 Å². The summed E-state index contributed by atoms with van der Waals surface area (Å²) in [6.07, 6.45) is -7.45. The first kappa shape index (κ1) is 48.4. The Kier molecular flexibility index (Phi) is 15.8. The van der Waals surface area contributed by atoms with Gasteiger partial charge in [-0.3, -0.25) is 14.4 Å². The van der Waals surface area contributed by atoms with E-state index in [1.165, 1.54) is 10.5 Å². The second-order valence-electron chi connectivity index (χ2n) is 15.6. The van der Waals surface area contributed by atoms with Gasteiger partial charge in [-0.25, -0.2) is 0 Å². The van der Waals surface area contributed by atoms with Crippen molar-refractivity contribution in [2.24, 2.45) is 0 Å². The number of piperidine rings is 1. The number of hydrogen-bond acceptors (Lipinski definition) is 7. The van der Waals surface area contributed by atoms with E-state index in [4.69, 9.17) is 37.4 Å². The van der Waals surface area contributed by atoms with Gasteiger partial charge in [0.15, 0.2) is 0 Å². The minimum absolute atomic E-state index is 0. The van der Waals surface area contributed by atoms with Crippen LogP contribution >= 0.6 is 35.6 Å². The first-order valence-electron chi connectivity index (χ1n) is 19.9. The summed E-state index contributed by atoms with van der Waals surface area (Å²) >= 11 is 12.7. The largest absolute Gasteiger partial charge is 0.466 e. The predicted octanol–water partition coefficient (Wildman–Crippen LogP) is 8.99. The molecule has 3 aromatic carbocycles. The van der Waals surface area contributed by atoms with E-state index in [-0.39, 0.29) is 84.6 Å². The lowest BCUT2D eigenvalue weighted by Crippen LogP contribution is -2.54. The number of nitrogens with zero attached hydrogens (tertiary/aromatic N) is 3. The smallest absolute Gasteiger partial charge is 0.416 e. The van der Waals surface area contributed by atoms with E-state index in [1.807, 2.05) is 12.1 Å². The number of morpholine rings is 1. The van der Waals surface area contributed by atoms with Crippen LogP contribution in [-0.2, 0) is 53.6 Å². The summed E-state index contributed by atoms with van der Waals surface area (Å²) in [6, 6.07) is 13.9. The Morgan fingerprint density at radius 2 is 1.59 bits per heavy atom. The highest BCUT2D eigenvalue weighted by Crippen LogP contribution is 2.48. The molecule has 3 aromatic rings. The fraction of sp³-hybridized carbons (Fsp3) is 0.512. The van der Waals surface area contributed by atoms with Crippen molar-refractivity contribution in [3.05, 3.63) is 104 Å². The number of benzene rings is 3. The molecule has 2 heterocycles. The fourth-order valence-corrected chi connectivity index (χ4v) is 8.94. The molecule has 18 heteroatoms. The van der Waals surface area contributed by atoms with Gasteiger partial charge in [-0.2, -0.15) is 26.3 Å². The summed E-state index contributed by atoms with van der Waals surface area (Å²) in [4.78, 5) is 43.7. The van der Waals surface area contributed by atoms with Crippen LogP contribution in [0.2, 0.25) is 10.0 Å². The fourth-order valence-electron chi connectivity index (χ4n) is 8.65. The molecule has 0 bridgehead atoms. The molecule has 0 unspecified atom stereocenters. The summed E-state index contributed by atoms with van der Waals surface area (Å²) in [5.74, 6) is -1.49. The number of esters is 1. The molecule has 3 aliphatic rings. The zero-order chi connectivity index (χ0) is 43.5. The van der Waals surface area contributed by atoms with Gasteiger partial charge < -0.3 is 28.9 Å². The van der Waals surface area contributed by atoms with Crippen molar-refractivity contribution in [3.8, 4) is 0 Å².